The highest BCUT2D eigenvalue weighted by atomic mass is 32.2. The van der Waals surface area contributed by atoms with Crippen molar-refractivity contribution in [3.05, 3.63) is 23.8 Å². The van der Waals surface area contributed by atoms with Crippen molar-refractivity contribution < 1.29 is 8.42 Å². The van der Waals surface area contributed by atoms with Gasteiger partial charge in [-0.05, 0) is 24.6 Å². The number of aryl methyl sites for hydroxylation is 1. The second-order valence-electron chi connectivity index (χ2n) is 3.81. The van der Waals surface area contributed by atoms with E-state index in [1.807, 2.05) is 19.1 Å². The molecule has 0 aliphatic rings. The highest BCUT2D eigenvalue weighted by Gasteiger charge is 2.07. The molecule has 1 aromatic carbocycles. The molecule has 6 heteroatoms. The van der Waals surface area contributed by atoms with E-state index in [4.69, 9.17) is 5.73 Å². The summed E-state index contributed by atoms with van der Waals surface area (Å²) < 4.78 is 25.2. The lowest BCUT2D eigenvalue weighted by molar-refractivity contribution is 0.584. The van der Waals surface area contributed by atoms with Crippen LogP contribution in [0.1, 0.15) is 12.5 Å². The largest absolute Gasteiger partial charge is 0.398 e. The number of nitrogen functional groups attached to an aromatic ring is 1. The molecule has 1 aromatic rings. The Morgan fingerprint density at radius 3 is 2.65 bits per heavy atom. The standard InChI is InChI=1S/C11H19N3O2S/c1-3-14-17(15,16)7-6-13-10-5-4-9(2)11(12)8-10/h4-5,8,13-14H,3,6-7,12H2,1-2H3. The second kappa shape index (κ2) is 5.88. The molecule has 0 saturated carbocycles. The number of anilines is 2. The summed E-state index contributed by atoms with van der Waals surface area (Å²) in [5.74, 6) is 0.0502. The van der Waals surface area contributed by atoms with Gasteiger partial charge in [0.25, 0.3) is 0 Å². The molecule has 0 spiro atoms. The zero-order valence-corrected chi connectivity index (χ0v) is 11.0. The molecular weight excluding hydrogens is 238 g/mol. The van der Waals surface area contributed by atoms with Crippen LogP contribution < -0.4 is 15.8 Å². The average molecular weight is 257 g/mol. The third-order valence-electron chi connectivity index (χ3n) is 2.34. The second-order valence-corrected chi connectivity index (χ2v) is 5.74. The Morgan fingerprint density at radius 1 is 1.35 bits per heavy atom. The fraction of sp³-hybridized carbons (Fsp3) is 0.455. The first kappa shape index (κ1) is 13.8. The summed E-state index contributed by atoms with van der Waals surface area (Å²) in [5, 5.41) is 3.03. The molecule has 1 rings (SSSR count). The molecule has 0 saturated heterocycles. The molecule has 0 atom stereocenters. The molecule has 0 heterocycles. The van der Waals surface area contributed by atoms with Gasteiger partial charge in [-0.25, -0.2) is 13.1 Å². The van der Waals surface area contributed by atoms with Gasteiger partial charge in [-0.2, -0.15) is 0 Å². The molecule has 0 aromatic heterocycles. The third-order valence-corrected chi connectivity index (χ3v) is 3.81. The smallest absolute Gasteiger partial charge is 0.213 e. The van der Waals surface area contributed by atoms with E-state index in [0.29, 0.717) is 18.8 Å². The number of nitrogens with one attached hydrogen (secondary N) is 2. The molecule has 0 bridgehead atoms. The van der Waals surface area contributed by atoms with E-state index >= 15 is 0 Å². The van der Waals surface area contributed by atoms with Crippen molar-refractivity contribution in [3.63, 3.8) is 0 Å². The van der Waals surface area contributed by atoms with E-state index in [-0.39, 0.29) is 5.75 Å². The minimum atomic E-state index is -3.16. The summed E-state index contributed by atoms with van der Waals surface area (Å²) in [6.45, 7) is 4.46. The molecule has 17 heavy (non-hydrogen) atoms. The van der Waals surface area contributed by atoms with Gasteiger partial charge >= 0.3 is 0 Å². The monoisotopic (exact) mass is 257 g/mol. The molecule has 0 aliphatic heterocycles. The molecule has 5 nitrogen and oxygen atoms in total. The Morgan fingerprint density at radius 2 is 2.06 bits per heavy atom. The van der Waals surface area contributed by atoms with Crippen LogP contribution in [0.15, 0.2) is 18.2 Å². The van der Waals surface area contributed by atoms with Gasteiger partial charge in [-0.15, -0.1) is 0 Å². The predicted octanol–water partition coefficient (Wildman–Crippen LogP) is 0.928. The molecule has 0 fully saturated rings. The van der Waals surface area contributed by atoms with Gasteiger partial charge in [0.2, 0.25) is 10.0 Å². The van der Waals surface area contributed by atoms with Crippen molar-refractivity contribution in [3.8, 4) is 0 Å². The van der Waals surface area contributed by atoms with Crippen LogP contribution in [0.4, 0.5) is 11.4 Å². The van der Waals surface area contributed by atoms with Crippen LogP contribution in [0.3, 0.4) is 0 Å². The van der Waals surface area contributed by atoms with Gasteiger partial charge < -0.3 is 11.1 Å². The lowest BCUT2D eigenvalue weighted by Crippen LogP contribution is -2.29. The normalized spacial score (nSPS) is 11.4. The van der Waals surface area contributed by atoms with Crippen molar-refractivity contribution in [2.75, 3.05) is 29.9 Å². The van der Waals surface area contributed by atoms with Crippen molar-refractivity contribution in [1.29, 1.82) is 0 Å². The molecule has 0 aliphatic carbocycles. The summed E-state index contributed by atoms with van der Waals surface area (Å²) in [6.07, 6.45) is 0. The lowest BCUT2D eigenvalue weighted by Gasteiger charge is -2.09. The number of benzene rings is 1. The van der Waals surface area contributed by atoms with E-state index in [9.17, 15) is 8.42 Å². The van der Waals surface area contributed by atoms with E-state index in [1.165, 1.54) is 0 Å². The van der Waals surface area contributed by atoms with E-state index in [1.54, 1.807) is 13.0 Å². The molecular formula is C11H19N3O2S. The maximum Gasteiger partial charge on any atom is 0.213 e. The van der Waals surface area contributed by atoms with Crippen LogP contribution in [0, 0.1) is 6.92 Å². The van der Waals surface area contributed by atoms with Gasteiger partial charge in [-0.1, -0.05) is 13.0 Å². The van der Waals surface area contributed by atoms with Crippen LogP contribution in [0.5, 0.6) is 0 Å². The van der Waals surface area contributed by atoms with Crippen molar-refractivity contribution in [2.24, 2.45) is 0 Å². The Kier molecular flexibility index (Phi) is 4.77. The van der Waals surface area contributed by atoms with E-state index in [2.05, 4.69) is 10.0 Å². The summed E-state index contributed by atoms with van der Waals surface area (Å²) in [4.78, 5) is 0. The highest BCUT2D eigenvalue weighted by Crippen LogP contribution is 2.16. The molecule has 0 unspecified atom stereocenters. The van der Waals surface area contributed by atoms with Crippen LogP contribution in [0.25, 0.3) is 0 Å². The Labute approximate surface area is 102 Å². The SMILES string of the molecule is CCNS(=O)(=O)CCNc1ccc(C)c(N)c1. The topological polar surface area (TPSA) is 84.2 Å². The molecule has 0 radical (unpaired) electrons. The third kappa shape index (κ3) is 4.62. The minimum absolute atomic E-state index is 0.0502. The molecule has 96 valence electrons. The lowest BCUT2D eigenvalue weighted by atomic mass is 10.2. The zero-order chi connectivity index (χ0) is 12.9. The van der Waals surface area contributed by atoms with Gasteiger partial charge in [-0.3, -0.25) is 0 Å². The first-order chi connectivity index (χ1) is 7.94. The van der Waals surface area contributed by atoms with E-state index < -0.39 is 10.0 Å². The fourth-order valence-electron chi connectivity index (χ4n) is 1.37. The molecule has 4 N–H and O–H groups in total. The van der Waals surface area contributed by atoms with Crippen molar-refractivity contribution >= 4 is 21.4 Å². The summed E-state index contributed by atoms with van der Waals surface area (Å²) in [5.41, 5.74) is 8.30. The maximum absolute atomic E-state index is 11.4. The highest BCUT2D eigenvalue weighted by molar-refractivity contribution is 7.89. The fourth-order valence-corrected chi connectivity index (χ4v) is 2.33. The van der Waals surface area contributed by atoms with E-state index in [0.717, 1.165) is 11.3 Å². The number of rotatable bonds is 6. The molecule has 0 amide bonds. The summed E-state index contributed by atoms with van der Waals surface area (Å²) in [7, 11) is -3.16. The van der Waals surface area contributed by atoms with Crippen LogP contribution in [-0.4, -0.2) is 27.3 Å². The van der Waals surface area contributed by atoms with Gasteiger partial charge in [0, 0.05) is 24.5 Å². The Hall–Kier alpha value is -1.27. The first-order valence-corrected chi connectivity index (χ1v) is 7.17. The maximum atomic E-state index is 11.4. The Bertz CT molecular complexity index is 472. The van der Waals surface area contributed by atoms with Crippen molar-refractivity contribution in [2.45, 2.75) is 13.8 Å². The quantitative estimate of drug-likeness (QED) is 0.662. The van der Waals surface area contributed by atoms with Gasteiger partial charge in [0.05, 0.1) is 5.75 Å². The van der Waals surface area contributed by atoms with Crippen LogP contribution in [0.2, 0.25) is 0 Å². The van der Waals surface area contributed by atoms with Gasteiger partial charge in [0.1, 0.15) is 0 Å². The van der Waals surface area contributed by atoms with Crippen LogP contribution in [-0.2, 0) is 10.0 Å². The number of hydrogen-bond acceptors (Lipinski definition) is 4. The minimum Gasteiger partial charge on any atom is -0.398 e. The number of nitrogens with two attached hydrogens (primary N) is 1. The Balaban J connectivity index is 2.49. The van der Waals surface area contributed by atoms with Crippen molar-refractivity contribution in [1.82, 2.24) is 4.72 Å². The summed E-state index contributed by atoms with van der Waals surface area (Å²) >= 11 is 0. The summed E-state index contributed by atoms with van der Waals surface area (Å²) in [6, 6.07) is 5.58. The van der Waals surface area contributed by atoms with Gasteiger partial charge in [0.15, 0.2) is 0 Å². The number of sulfonamides is 1. The predicted molar refractivity (Wildman–Crippen MR) is 71.5 cm³/mol. The first-order valence-electron chi connectivity index (χ1n) is 5.52. The van der Waals surface area contributed by atoms with Crippen LogP contribution >= 0.6 is 0 Å². The average Bonchev–Trinajstić information content (AvgIpc) is 2.23. The number of hydrogen-bond donors (Lipinski definition) is 3. The zero-order valence-electron chi connectivity index (χ0n) is 10.2.